The normalized spacial score (nSPS) is 10.3. The number of carbonyl (C=O) groups excluding carboxylic acids is 4. The molecule has 0 heterocycles. The van der Waals surface area contributed by atoms with Crippen molar-refractivity contribution >= 4 is 23.9 Å². The number of halogens is 1. The summed E-state index contributed by atoms with van der Waals surface area (Å²) >= 11 is 0. The van der Waals surface area contributed by atoms with Gasteiger partial charge in [-0.25, -0.2) is 18.8 Å². The topological polar surface area (TPSA) is 105 Å². The van der Waals surface area contributed by atoms with E-state index in [0.29, 0.717) is 39.3 Å². The Bertz CT molecular complexity index is 1820. The number of benzene rings is 4. The molecular formula is C37H29FO8. The molecule has 0 bridgehead atoms. The van der Waals surface area contributed by atoms with Gasteiger partial charge in [0.05, 0.1) is 0 Å². The Morgan fingerprint density at radius 2 is 1.24 bits per heavy atom. The van der Waals surface area contributed by atoms with Crippen molar-refractivity contribution in [2.24, 2.45) is 0 Å². The Morgan fingerprint density at radius 3 is 1.83 bits per heavy atom. The summed E-state index contributed by atoms with van der Waals surface area (Å²) in [6, 6.07) is 22.5. The molecule has 0 fully saturated rings. The van der Waals surface area contributed by atoms with E-state index >= 15 is 4.39 Å². The average molecular weight is 621 g/mol. The highest BCUT2D eigenvalue weighted by Gasteiger charge is 2.15. The quantitative estimate of drug-likeness (QED) is 0.0919. The molecule has 4 rings (SSSR count). The van der Waals surface area contributed by atoms with Gasteiger partial charge in [0.25, 0.3) is 0 Å². The van der Waals surface area contributed by atoms with Crippen LogP contribution in [-0.4, -0.2) is 23.9 Å². The van der Waals surface area contributed by atoms with Crippen molar-refractivity contribution in [2.45, 2.75) is 19.8 Å². The van der Waals surface area contributed by atoms with Crippen LogP contribution in [0, 0.1) is 5.82 Å². The molecule has 46 heavy (non-hydrogen) atoms. The van der Waals surface area contributed by atoms with Gasteiger partial charge in [0.2, 0.25) is 0 Å². The molecule has 0 spiro atoms. The number of carbonyl (C=O) groups is 4. The van der Waals surface area contributed by atoms with E-state index in [4.69, 9.17) is 18.9 Å². The fraction of sp³-hybridized carbons (Fsp3) is 0.0811. The summed E-state index contributed by atoms with van der Waals surface area (Å²) in [6.07, 6.45) is 2.19. The number of rotatable bonds is 12. The van der Waals surface area contributed by atoms with Crippen LogP contribution in [0.4, 0.5) is 4.39 Å². The molecule has 9 heteroatoms. The lowest BCUT2D eigenvalue weighted by Crippen LogP contribution is -2.10. The van der Waals surface area contributed by atoms with E-state index < -0.39 is 29.7 Å². The Balaban J connectivity index is 1.36. The van der Waals surface area contributed by atoms with Crippen LogP contribution in [0.1, 0.15) is 18.9 Å². The van der Waals surface area contributed by atoms with E-state index in [9.17, 15) is 19.2 Å². The second-order valence-corrected chi connectivity index (χ2v) is 9.92. The fourth-order valence-corrected chi connectivity index (χ4v) is 4.14. The number of hydrogen-bond donors (Lipinski definition) is 0. The SMILES string of the molecule is C=CC(=O)Oc1ccc(CCC(=O)Oc2ccc(-c3ccc(-c4ccc(OC(=O)C(=C)C)cc4)c(F)c3)cc2)cc1OC(=O)C=C. The van der Waals surface area contributed by atoms with Crippen LogP contribution in [0.15, 0.2) is 122 Å². The van der Waals surface area contributed by atoms with Gasteiger partial charge in [-0.1, -0.05) is 62.2 Å². The molecule has 0 saturated carbocycles. The van der Waals surface area contributed by atoms with Crippen LogP contribution >= 0.6 is 0 Å². The van der Waals surface area contributed by atoms with Gasteiger partial charge < -0.3 is 18.9 Å². The molecule has 0 aliphatic rings. The lowest BCUT2D eigenvalue weighted by atomic mass is 9.99. The largest absolute Gasteiger partial charge is 0.427 e. The predicted molar refractivity (Wildman–Crippen MR) is 170 cm³/mol. The van der Waals surface area contributed by atoms with Gasteiger partial charge in [0.15, 0.2) is 11.5 Å². The third-order valence-electron chi connectivity index (χ3n) is 6.49. The van der Waals surface area contributed by atoms with Gasteiger partial charge in [-0.05, 0) is 78.1 Å². The first-order valence-electron chi connectivity index (χ1n) is 14.0. The summed E-state index contributed by atoms with van der Waals surface area (Å²) in [4.78, 5) is 47.6. The van der Waals surface area contributed by atoms with Crippen LogP contribution in [-0.2, 0) is 25.6 Å². The fourth-order valence-electron chi connectivity index (χ4n) is 4.14. The van der Waals surface area contributed by atoms with Gasteiger partial charge in [0.1, 0.15) is 17.3 Å². The summed E-state index contributed by atoms with van der Waals surface area (Å²) in [5.41, 5.74) is 3.24. The van der Waals surface area contributed by atoms with Crippen molar-refractivity contribution < 1.29 is 42.5 Å². The van der Waals surface area contributed by atoms with E-state index in [2.05, 4.69) is 19.7 Å². The van der Waals surface area contributed by atoms with Gasteiger partial charge in [-0.15, -0.1) is 0 Å². The molecule has 4 aromatic carbocycles. The summed E-state index contributed by atoms with van der Waals surface area (Å²) in [6.45, 7) is 11.8. The van der Waals surface area contributed by atoms with Crippen molar-refractivity contribution in [3.05, 3.63) is 134 Å². The van der Waals surface area contributed by atoms with Crippen LogP contribution in [0.5, 0.6) is 23.0 Å². The van der Waals surface area contributed by atoms with Crippen molar-refractivity contribution in [2.75, 3.05) is 0 Å². The van der Waals surface area contributed by atoms with E-state index in [0.717, 1.165) is 12.2 Å². The second-order valence-electron chi connectivity index (χ2n) is 9.92. The minimum absolute atomic E-state index is 0.00632. The molecular weight excluding hydrogens is 591 g/mol. The number of ether oxygens (including phenoxy) is 4. The van der Waals surface area contributed by atoms with Gasteiger partial charge in [-0.3, -0.25) is 4.79 Å². The number of esters is 4. The van der Waals surface area contributed by atoms with Crippen LogP contribution < -0.4 is 18.9 Å². The van der Waals surface area contributed by atoms with E-state index in [1.54, 1.807) is 73.7 Å². The summed E-state index contributed by atoms with van der Waals surface area (Å²) in [5.74, 6) is -2.31. The first-order chi connectivity index (χ1) is 22.1. The molecule has 8 nitrogen and oxygen atoms in total. The van der Waals surface area contributed by atoms with Crippen LogP contribution in [0.2, 0.25) is 0 Å². The third-order valence-corrected chi connectivity index (χ3v) is 6.49. The summed E-state index contributed by atoms with van der Waals surface area (Å²) in [7, 11) is 0. The average Bonchev–Trinajstić information content (AvgIpc) is 3.05. The van der Waals surface area contributed by atoms with E-state index in [1.807, 2.05) is 0 Å². The monoisotopic (exact) mass is 620 g/mol. The first-order valence-corrected chi connectivity index (χ1v) is 14.0. The first kappa shape index (κ1) is 32.8. The minimum Gasteiger partial charge on any atom is -0.427 e. The highest BCUT2D eigenvalue weighted by atomic mass is 19.1. The van der Waals surface area contributed by atoms with Crippen molar-refractivity contribution in [1.29, 1.82) is 0 Å². The lowest BCUT2D eigenvalue weighted by Gasteiger charge is -2.11. The predicted octanol–water partition coefficient (Wildman–Crippen LogP) is 7.36. The molecule has 0 N–H and O–H groups in total. The number of aryl methyl sites for hydroxylation is 1. The molecule has 4 aromatic rings. The molecule has 0 radical (unpaired) electrons. The Kier molecular flexibility index (Phi) is 10.8. The highest BCUT2D eigenvalue weighted by Crippen LogP contribution is 2.31. The molecule has 0 atom stereocenters. The molecule has 0 aliphatic carbocycles. The molecule has 0 amide bonds. The standard InChI is InChI=1S/C37H29FO8/c1-5-34(39)45-32-19-7-24(21-33(32)46-35(40)6-2)8-20-36(41)43-28-14-9-25(10-15-28)27-13-18-30(31(38)22-27)26-11-16-29(17-12-26)44-37(42)23(3)4/h5-7,9-19,21-22H,1-3,8,20H2,4H3. The Morgan fingerprint density at radius 1 is 0.674 bits per heavy atom. The maximum absolute atomic E-state index is 15.1. The van der Waals surface area contributed by atoms with Crippen LogP contribution in [0.3, 0.4) is 0 Å². The molecule has 0 aliphatic heterocycles. The van der Waals surface area contributed by atoms with E-state index in [-0.39, 0.29) is 29.9 Å². The third kappa shape index (κ3) is 8.73. The van der Waals surface area contributed by atoms with Gasteiger partial charge >= 0.3 is 23.9 Å². The van der Waals surface area contributed by atoms with Crippen molar-refractivity contribution in [1.82, 2.24) is 0 Å². The summed E-state index contributed by atoms with van der Waals surface area (Å²) < 4.78 is 36.0. The smallest absolute Gasteiger partial charge is 0.338 e. The maximum atomic E-state index is 15.1. The van der Waals surface area contributed by atoms with Crippen molar-refractivity contribution in [3.63, 3.8) is 0 Å². The zero-order valence-electron chi connectivity index (χ0n) is 24.9. The van der Waals surface area contributed by atoms with E-state index in [1.165, 1.54) is 18.2 Å². The molecule has 0 aromatic heterocycles. The van der Waals surface area contributed by atoms with Crippen LogP contribution in [0.25, 0.3) is 22.3 Å². The maximum Gasteiger partial charge on any atom is 0.338 e. The highest BCUT2D eigenvalue weighted by molar-refractivity contribution is 5.89. The Hall–Kier alpha value is -6.09. The van der Waals surface area contributed by atoms with Crippen molar-refractivity contribution in [3.8, 4) is 45.3 Å². The molecule has 232 valence electrons. The van der Waals surface area contributed by atoms with Gasteiger partial charge in [-0.2, -0.15) is 0 Å². The zero-order chi connectivity index (χ0) is 33.2. The minimum atomic E-state index is -0.746. The molecule has 0 unspecified atom stereocenters. The summed E-state index contributed by atoms with van der Waals surface area (Å²) in [5, 5.41) is 0. The Labute approximate surface area is 265 Å². The second kappa shape index (κ2) is 15.1. The molecule has 0 saturated heterocycles. The van der Waals surface area contributed by atoms with Gasteiger partial charge in [0, 0.05) is 29.7 Å². The lowest BCUT2D eigenvalue weighted by molar-refractivity contribution is -0.134. The number of hydrogen-bond acceptors (Lipinski definition) is 8. The zero-order valence-corrected chi connectivity index (χ0v) is 24.9.